The summed E-state index contributed by atoms with van der Waals surface area (Å²) in [5, 5.41) is 8.83. The first kappa shape index (κ1) is 17.0. The van der Waals surface area contributed by atoms with Gasteiger partial charge in [0.2, 0.25) is 0 Å². The maximum atomic E-state index is 13.2. The van der Waals surface area contributed by atoms with Gasteiger partial charge in [0.15, 0.2) is 11.6 Å². The molecule has 116 valence electrons. The van der Waals surface area contributed by atoms with Crippen LogP contribution in [0.3, 0.4) is 0 Å². The van der Waals surface area contributed by atoms with Gasteiger partial charge >= 0.3 is 5.97 Å². The summed E-state index contributed by atoms with van der Waals surface area (Å²) in [7, 11) is 1.23. The lowest BCUT2D eigenvalue weighted by Crippen LogP contribution is -2.34. The predicted molar refractivity (Wildman–Crippen MR) is 70.6 cm³/mol. The van der Waals surface area contributed by atoms with Gasteiger partial charge in [-0.15, -0.1) is 0 Å². The second kappa shape index (κ2) is 8.31. The Kier molecular flexibility index (Phi) is 6.74. The number of rotatable bonds is 7. The number of carbonyl (C=O) groups excluding carboxylic acids is 2. The molecule has 21 heavy (non-hydrogen) atoms. The SMILES string of the molecule is COC(=O)CCN(CCCO)C(=O)c1ccc(F)c(F)c1. The molecule has 1 aromatic carbocycles. The van der Waals surface area contributed by atoms with Gasteiger partial charge in [0.1, 0.15) is 0 Å². The van der Waals surface area contributed by atoms with E-state index < -0.39 is 23.5 Å². The number of amides is 1. The molecule has 1 aromatic rings. The summed E-state index contributed by atoms with van der Waals surface area (Å²) in [6.07, 6.45) is 0.300. The molecular formula is C14H17F2NO4. The van der Waals surface area contributed by atoms with Crippen LogP contribution in [0.4, 0.5) is 8.78 Å². The number of esters is 1. The summed E-state index contributed by atoms with van der Waals surface area (Å²) in [5.74, 6) is -3.17. The van der Waals surface area contributed by atoms with Crippen molar-refractivity contribution < 1.29 is 28.2 Å². The van der Waals surface area contributed by atoms with Gasteiger partial charge in [0.25, 0.3) is 5.91 Å². The quantitative estimate of drug-likeness (QED) is 0.772. The lowest BCUT2D eigenvalue weighted by Gasteiger charge is -2.22. The Hall–Kier alpha value is -2.02. The van der Waals surface area contributed by atoms with Crippen molar-refractivity contribution in [3.63, 3.8) is 0 Å². The van der Waals surface area contributed by atoms with E-state index in [0.29, 0.717) is 6.42 Å². The first-order valence-corrected chi connectivity index (χ1v) is 6.41. The number of ether oxygens (including phenoxy) is 1. The lowest BCUT2D eigenvalue weighted by molar-refractivity contribution is -0.140. The Morgan fingerprint density at radius 3 is 2.52 bits per heavy atom. The van der Waals surface area contributed by atoms with Crippen LogP contribution in [0, 0.1) is 11.6 Å². The van der Waals surface area contributed by atoms with E-state index in [-0.39, 0.29) is 31.7 Å². The molecule has 1 rings (SSSR count). The number of methoxy groups -OCH3 is 1. The van der Waals surface area contributed by atoms with Crippen LogP contribution in [0.1, 0.15) is 23.2 Å². The Morgan fingerprint density at radius 1 is 1.24 bits per heavy atom. The first-order valence-electron chi connectivity index (χ1n) is 6.41. The highest BCUT2D eigenvalue weighted by molar-refractivity contribution is 5.94. The highest BCUT2D eigenvalue weighted by atomic mass is 19.2. The molecule has 0 spiro atoms. The van der Waals surface area contributed by atoms with E-state index in [1.54, 1.807) is 0 Å². The van der Waals surface area contributed by atoms with Crippen LogP contribution in [-0.2, 0) is 9.53 Å². The number of aliphatic hydroxyl groups excluding tert-OH is 1. The first-order chi connectivity index (χ1) is 9.99. The van der Waals surface area contributed by atoms with Gasteiger partial charge in [-0.25, -0.2) is 8.78 Å². The molecule has 0 unspecified atom stereocenters. The number of halogens is 2. The largest absolute Gasteiger partial charge is 0.469 e. The molecule has 0 aromatic heterocycles. The van der Waals surface area contributed by atoms with Crippen LogP contribution in [0.25, 0.3) is 0 Å². The number of nitrogens with zero attached hydrogens (tertiary/aromatic N) is 1. The fourth-order valence-corrected chi connectivity index (χ4v) is 1.72. The molecule has 1 amide bonds. The molecule has 0 atom stereocenters. The molecular weight excluding hydrogens is 284 g/mol. The zero-order valence-electron chi connectivity index (χ0n) is 11.6. The minimum absolute atomic E-state index is 0.0165. The number of carbonyl (C=O) groups is 2. The molecule has 0 aliphatic rings. The second-order valence-corrected chi connectivity index (χ2v) is 4.32. The topological polar surface area (TPSA) is 66.8 Å². The van der Waals surface area contributed by atoms with E-state index >= 15 is 0 Å². The molecule has 0 aliphatic carbocycles. The summed E-state index contributed by atoms with van der Waals surface area (Å²) in [6.45, 7) is 0.148. The van der Waals surface area contributed by atoms with Crippen molar-refractivity contribution in [3.8, 4) is 0 Å². The van der Waals surface area contributed by atoms with Gasteiger partial charge in [-0.1, -0.05) is 0 Å². The summed E-state index contributed by atoms with van der Waals surface area (Å²) >= 11 is 0. The Balaban J connectivity index is 2.82. The molecule has 5 nitrogen and oxygen atoms in total. The Morgan fingerprint density at radius 2 is 1.95 bits per heavy atom. The van der Waals surface area contributed by atoms with Gasteiger partial charge in [-0.2, -0.15) is 0 Å². The Labute approximate surface area is 121 Å². The molecule has 7 heteroatoms. The van der Waals surface area contributed by atoms with Crippen LogP contribution in [0.2, 0.25) is 0 Å². The maximum Gasteiger partial charge on any atom is 0.307 e. The van der Waals surface area contributed by atoms with Crippen molar-refractivity contribution in [2.45, 2.75) is 12.8 Å². The van der Waals surface area contributed by atoms with Crippen molar-refractivity contribution in [1.82, 2.24) is 4.90 Å². The molecule has 1 N–H and O–H groups in total. The molecule has 0 fully saturated rings. The summed E-state index contributed by atoms with van der Waals surface area (Å²) in [6, 6.07) is 2.85. The average molecular weight is 301 g/mol. The summed E-state index contributed by atoms with van der Waals surface area (Å²) in [5.41, 5.74) is -0.0169. The maximum absolute atomic E-state index is 13.2. The number of benzene rings is 1. The third kappa shape index (κ3) is 5.11. The van der Waals surface area contributed by atoms with Crippen LogP contribution in [-0.4, -0.2) is 48.7 Å². The summed E-state index contributed by atoms with van der Waals surface area (Å²) < 4.78 is 30.5. The van der Waals surface area contributed by atoms with Gasteiger partial charge in [-0.3, -0.25) is 9.59 Å². The third-order valence-corrected chi connectivity index (χ3v) is 2.85. The van der Waals surface area contributed by atoms with E-state index in [0.717, 1.165) is 12.1 Å². The highest BCUT2D eigenvalue weighted by Crippen LogP contribution is 2.12. The van der Waals surface area contributed by atoms with Gasteiger partial charge in [-0.05, 0) is 24.6 Å². The van der Waals surface area contributed by atoms with E-state index in [9.17, 15) is 18.4 Å². The van der Waals surface area contributed by atoms with Gasteiger partial charge < -0.3 is 14.7 Å². The molecule has 0 saturated heterocycles. The molecule has 0 bridgehead atoms. The third-order valence-electron chi connectivity index (χ3n) is 2.85. The van der Waals surface area contributed by atoms with Crippen LogP contribution < -0.4 is 0 Å². The summed E-state index contributed by atoms with van der Waals surface area (Å²) in [4.78, 5) is 24.6. The monoisotopic (exact) mass is 301 g/mol. The van der Waals surface area contributed by atoms with Crippen LogP contribution in [0.5, 0.6) is 0 Å². The number of hydrogen-bond acceptors (Lipinski definition) is 4. The molecule has 0 heterocycles. The van der Waals surface area contributed by atoms with Crippen molar-refractivity contribution in [3.05, 3.63) is 35.4 Å². The number of aliphatic hydroxyl groups is 1. The zero-order chi connectivity index (χ0) is 15.8. The van der Waals surface area contributed by atoms with E-state index in [1.807, 2.05) is 0 Å². The lowest BCUT2D eigenvalue weighted by atomic mass is 10.1. The van der Waals surface area contributed by atoms with Crippen LogP contribution >= 0.6 is 0 Å². The fraction of sp³-hybridized carbons (Fsp3) is 0.429. The van der Waals surface area contributed by atoms with Gasteiger partial charge in [0.05, 0.1) is 13.5 Å². The van der Waals surface area contributed by atoms with Crippen LogP contribution in [0.15, 0.2) is 18.2 Å². The average Bonchev–Trinajstić information content (AvgIpc) is 2.49. The molecule has 0 radical (unpaired) electrons. The minimum Gasteiger partial charge on any atom is -0.469 e. The highest BCUT2D eigenvalue weighted by Gasteiger charge is 2.18. The van der Waals surface area contributed by atoms with Crippen molar-refractivity contribution in [2.24, 2.45) is 0 Å². The molecule has 0 saturated carbocycles. The fourth-order valence-electron chi connectivity index (χ4n) is 1.72. The smallest absolute Gasteiger partial charge is 0.307 e. The zero-order valence-corrected chi connectivity index (χ0v) is 11.6. The molecule has 0 aliphatic heterocycles. The second-order valence-electron chi connectivity index (χ2n) is 4.32. The normalized spacial score (nSPS) is 10.3. The van der Waals surface area contributed by atoms with E-state index in [4.69, 9.17) is 5.11 Å². The van der Waals surface area contributed by atoms with Crippen molar-refractivity contribution in [1.29, 1.82) is 0 Å². The van der Waals surface area contributed by atoms with E-state index in [2.05, 4.69) is 4.74 Å². The van der Waals surface area contributed by atoms with Crippen molar-refractivity contribution >= 4 is 11.9 Å². The number of hydrogen-bond donors (Lipinski definition) is 1. The van der Waals surface area contributed by atoms with Gasteiger partial charge in [0, 0.05) is 25.3 Å². The van der Waals surface area contributed by atoms with E-state index in [1.165, 1.54) is 18.1 Å². The Bertz CT molecular complexity index is 508. The van der Waals surface area contributed by atoms with Crippen molar-refractivity contribution in [2.75, 3.05) is 26.8 Å². The predicted octanol–water partition coefficient (Wildman–Crippen LogP) is 1.35. The minimum atomic E-state index is -1.11. The standard InChI is InChI=1S/C14H17F2NO4/c1-21-13(19)5-7-17(6-2-8-18)14(20)10-3-4-11(15)12(16)9-10/h3-4,9,18H,2,5-8H2,1H3.